The molecular formula is C17H36N4O2. The predicted molar refractivity (Wildman–Crippen MR) is 95.3 cm³/mol. The number of nitrogens with one attached hydrogen (secondary N) is 3. The third kappa shape index (κ3) is 11.9. The van der Waals surface area contributed by atoms with Crippen molar-refractivity contribution in [1.82, 2.24) is 16.0 Å². The largest absolute Gasteiger partial charge is 0.354 e. The van der Waals surface area contributed by atoms with E-state index in [9.17, 15) is 9.59 Å². The summed E-state index contributed by atoms with van der Waals surface area (Å²) in [4.78, 5) is 23.4. The molecule has 6 nitrogen and oxygen atoms in total. The summed E-state index contributed by atoms with van der Waals surface area (Å²) in [6.07, 6.45) is 7.99. The summed E-state index contributed by atoms with van der Waals surface area (Å²) in [6.45, 7) is 7.08. The lowest BCUT2D eigenvalue weighted by Crippen LogP contribution is -2.55. The second-order valence-corrected chi connectivity index (χ2v) is 6.03. The van der Waals surface area contributed by atoms with Crippen LogP contribution in [0.4, 0.5) is 4.79 Å². The van der Waals surface area contributed by atoms with Crippen LogP contribution in [0.5, 0.6) is 0 Å². The van der Waals surface area contributed by atoms with Crippen LogP contribution >= 0.6 is 0 Å². The van der Waals surface area contributed by atoms with Crippen LogP contribution in [0.25, 0.3) is 0 Å². The maximum atomic E-state index is 12.0. The Labute approximate surface area is 141 Å². The molecule has 0 radical (unpaired) electrons. The van der Waals surface area contributed by atoms with Crippen LogP contribution in [0.3, 0.4) is 0 Å². The van der Waals surface area contributed by atoms with Gasteiger partial charge in [-0.05, 0) is 12.8 Å². The van der Waals surface area contributed by atoms with Crippen LogP contribution in [0, 0.1) is 0 Å². The van der Waals surface area contributed by atoms with Crippen molar-refractivity contribution < 1.29 is 9.59 Å². The van der Waals surface area contributed by atoms with Crippen molar-refractivity contribution in [3.05, 3.63) is 0 Å². The lowest BCUT2D eigenvalue weighted by atomic mass is 10.0. The van der Waals surface area contributed by atoms with Gasteiger partial charge in [0.1, 0.15) is 0 Å². The Morgan fingerprint density at radius 1 is 0.957 bits per heavy atom. The normalized spacial score (nSPS) is 13.2. The van der Waals surface area contributed by atoms with Crippen LogP contribution in [-0.4, -0.2) is 37.1 Å². The van der Waals surface area contributed by atoms with Crippen molar-refractivity contribution in [2.45, 2.75) is 84.2 Å². The first-order valence-corrected chi connectivity index (χ1v) is 9.11. The van der Waals surface area contributed by atoms with Crippen LogP contribution in [-0.2, 0) is 4.79 Å². The first kappa shape index (κ1) is 21.7. The lowest BCUT2D eigenvalue weighted by molar-refractivity contribution is -0.120. The van der Waals surface area contributed by atoms with Gasteiger partial charge in [0.25, 0.3) is 0 Å². The average molecular weight is 329 g/mol. The summed E-state index contributed by atoms with van der Waals surface area (Å²) in [5.74, 6) is -0.0307. The maximum Gasteiger partial charge on any atom is 0.315 e. The standard InChI is InChI=1S/C17H36N4O2/c1-4-7-8-9-10-12-19-17(23)21-15(14(18)11-5-2)13-20-16(22)6-3/h14-15H,4-13,18H2,1-3H3,(H,20,22)(H2,19,21,23)/t14-,15-/m0/s1. The Morgan fingerprint density at radius 2 is 1.65 bits per heavy atom. The number of urea groups is 1. The molecule has 0 heterocycles. The number of amides is 3. The summed E-state index contributed by atoms with van der Waals surface area (Å²) in [5.41, 5.74) is 6.12. The smallest absolute Gasteiger partial charge is 0.315 e. The van der Waals surface area contributed by atoms with Gasteiger partial charge in [-0.15, -0.1) is 0 Å². The van der Waals surface area contributed by atoms with Gasteiger partial charge in [-0.1, -0.05) is 52.9 Å². The molecule has 0 aromatic rings. The van der Waals surface area contributed by atoms with Gasteiger partial charge in [-0.25, -0.2) is 4.79 Å². The summed E-state index contributed by atoms with van der Waals surface area (Å²) in [5, 5.41) is 8.57. The van der Waals surface area contributed by atoms with Gasteiger partial charge in [-0.3, -0.25) is 4.79 Å². The van der Waals surface area contributed by atoms with Gasteiger partial charge in [-0.2, -0.15) is 0 Å². The summed E-state index contributed by atoms with van der Waals surface area (Å²) in [7, 11) is 0. The first-order valence-electron chi connectivity index (χ1n) is 9.11. The molecule has 0 aliphatic heterocycles. The second kappa shape index (κ2) is 14.3. The molecular weight excluding hydrogens is 292 g/mol. The van der Waals surface area contributed by atoms with E-state index < -0.39 is 0 Å². The van der Waals surface area contributed by atoms with E-state index in [2.05, 4.69) is 29.8 Å². The van der Waals surface area contributed by atoms with Crippen molar-refractivity contribution >= 4 is 11.9 Å². The molecule has 0 bridgehead atoms. The fraction of sp³-hybridized carbons (Fsp3) is 0.882. The molecule has 6 heteroatoms. The molecule has 0 saturated carbocycles. The van der Waals surface area contributed by atoms with Crippen molar-refractivity contribution in [1.29, 1.82) is 0 Å². The lowest BCUT2D eigenvalue weighted by Gasteiger charge is -2.25. The zero-order valence-electron chi connectivity index (χ0n) is 15.1. The zero-order valence-corrected chi connectivity index (χ0v) is 15.1. The molecule has 0 fully saturated rings. The first-order chi connectivity index (χ1) is 11.0. The molecule has 0 aromatic carbocycles. The predicted octanol–water partition coefficient (Wildman–Crippen LogP) is 2.28. The van der Waals surface area contributed by atoms with E-state index in [4.69, 9.17) is 5.73 Å². The van der Waals surface area contributed by atoms with E-state index in [-0.39, 0.29) is 24.0 Å². The molecule has 0 rings (SSSR count). The summed E-state index contributed by atoms with van der Waals surface area (Å²) in [6, 6.07) is -0.610. The third-order valence-electron chi connectivity index (χ3n) is 3.86. The number of hydrogen-bond donors (Lipinski definition) is 4. The van der Waals surface area contributed by atoms with Gasteiger partial charge in [0.05, 0.1) is 6.04 Å². The summed E-state index contributed by atoms with van der Waals surface area (Å²) < 4.78 is 0. The average Bonchev–Trinajstić information content (AvgIpc) is 2.54. The minimum absolute atomic E-state index is 0.0307. The highest BCUT2D eigenvalue weighted by atomic mass is 16.2. The molecule has 5 N–H and O–H groups in total. The molecule has 0 aliphatic carbocycles. The minimum Gasteiger partial charge on any atom is -0.354 e. The van der Waals surface area contributed by atoms with E-state index in [1.165, 1.54) is 19.3 Å². The van der Waals surface area contributed by atoms with Gasteiger partial charge >= 0.3 is 6.03 Å². The van der Waals surface area contributed by atoms with Crippen molar-refractivity contribution in [3.8, 4) is 0 Å². The zero-order chi connectivity index (χ0) is 17.5. The van der Waals surface area contributed by atoms with Crippen molar-refractivity contribution in [2.24, 2.45) is 5.73 Å². The Bertz CT molecular complexity index is 324. The van der Waals surface area contributed by atoms with Gasteiger partial charge < -0.3 is 21.7 Å². The van der Waals surface area contributed by atoms with Crippen LogP contribution in [0.15, 0.2) is 0 Å². The van der Waals surface area contributed by atoms with E-state index in [0.29, 0.717) is 19.5 Å². The number of carbonyl (C=O) groups excluding carboxylic acids is 2. The van der Waals surface area contributed by atoms with E-state index >= 15 is 0 Å². The highest BCUT2D eigenvalue weighted by molar-refractivity contribution is 5.76. The Kier molecular flexibility index (Phi) is 13.5. The van der Waals surface area contributed by atoms with Crippen LogP contribution in [0.2, 0.25) is 0 Å². The molecule has 0 spiro atoms. The fourth-order valence-electron chi connectivity index (χ4n) is 2.34. The fourth-order valence-corrected chi connectivity index (χ4v) is 2.34. The Hall–Kier alpha value is -1.30. The van der Waals surface area contributed by atoms with Gasteiger partial charge in [0, 0.05) is 25.6 Å². The molecule has 0 unspecified atom stereocenters. The van der Waals surface area contributed by atoms with Gasteiger partial charge in [0.15, 0.2) is 0 Å². The molecule has 0 aromatic heterocycles. The van der Waals surface area contributed by atoms with E-state index in [1.807, 2.05) is 0 Å². The molecule has 2 atom stereocenters. The van der Waals surface area contributed by atoms with Gasteiger partial charge in [0.2, 0.25) is 5.91 Å². The minimum atomic E-state index is -0.245. The molecule has 0 aliphatic rings. The molecule has 136 valence electrons. The topological polar surface area (TPSA) is 96.2 Å². The Balaban J connectivity index is 4.13. The summed E-state index contributed by atoms with van der Waals surface area (Å²) >= 11 is 0. The third-order valence-corrected chi connectivity index (χ3v) is 3.86. The molecule has 23 heavy (non-hydrogen) atoms. The molecule has 3 amide bonds. The molecule has 0 saturated heterocycles. The second-order valence-electron chi connectivity index (χ2n) is 6.03. The van der Waals surface area contributed by atoms with E-state index in [0.717, 1.165) is 25.7 Å². The van der Waals surface area contributed by atoms with Crippen molar-refractivity contribution in [2.75, 3.05) is 13.1 Å². The van der Waals surface area contributed by atoms with Crippen LogP contribution in [0.1, 0.15) is 72.1 Å². The highest BCUT2D eigenvalue weighted by Gasteiger charge is 2.19. The quantitative estimate of drug-likeness (QED) is 0.391. The number of unbranched alkanes of at least 4 members (excludes halogenated alkanes) is 4. The Morgan fingerprint density at radius 3 is 2.26 bits per heavy atom. The van der Waals surface area contributed by atoms with Crippen molar-refractivity contribution in [3.63, 3.8) is 0 Å². The monoisotopic (exact) mass is 328 g/mol. The SMILES string of the molecule is CCCCCCCNC(=O)N[C@@H](CNC(=O)CC)[C@@H](N)CCC. The number of hydrogen-bond acceptors (Lipinski definition) is 3. The number of carbonyl (C=O) groups is 2. The number of nitrogens with two attached hydrogens (primary N) is 1. The highest BCUT2D eigenvalue weighted by Crippen LogP contribution is 2.02. The number of rotatable bonds is 13. The van der Waals surface area contributed by atoms with Crippen LogP contribution < -0.4 is 21.7 Å². The van der Waals surface area contributed by atoms with E-state index in [1.54, 1.807) is 6.92 Å². The maximum absolute atomic E-state index is 12.0.